The number of pyridine rings is 1. The van der Waals surface area contributed by atoms with Crippen LogP contribution in [0.25, 0.3) is 10.9 Å². The highest BCUT2D eigenvalue weighted by molar-refractivity contribution is 5.93. The Morgan fingerprint density at radius 1 is 1.24 bits per heavy atom. The number of nitrogens with two attached hydrogens (primary N) is 1. The Labute approximate surface area is 127 Å². The zero-order valence-electron chi connectivity index (χ0n) is 13.0. The Bertz CT molecular complexity index is 636. The van der Waals surface area contributed by atoms with E-state index >= 15 is 0 Å². The van der Waals surface area contributed by atoms with Crippen LogP contribution in [-0.4, -0.2) is 11.5 Å². The number of aryl methyl sites for hydroxylation is 1. The summed E-state index contributed by atoms with van der Waals surface area (Å²) in [5, 5.41) is 4.79. The van der Waals surface area contributed by atoms with Crippen LogP contribution in [-0.2, 0) is 0 Å². The Kier molecular flexibility index (Phi) is 4.00. The van der Waals surface area contributed by atoms with Gasteiger partial charge in [0.2, 0.25) is 0 Å². The molecule has 2 unspecified atom stereocenters. The number of benzene rings is 1. The molecule has 3 N–H and O–H groups in total. The molecule has 2 atom stereocenters. The fraction of sp³-hybridized carbons (Fsp3) is 0.500. The fourth-order valence-corrected chi connectivity index (χ4v) is 3.46. The van der Waals surface area contributed by atoms with Crippen LogP contribution in [0.5, 0.6) is 0 Å². The van der Waals surface area contributed by atoms with E-state index in [-0.39, 0.29) is 0 Å². The largest absolute Gasteiger partial charge is 0.399 e. The van der Waals surface area contributed by atoms with Gasteiger partial charge in [0.15, 0.2) is 0 Å². The molecule has 1 fully saturated rings. The Morgan fingerprint density at radius 3 is 2.86 bits per heavy atom. The predicted molar refractivity (Wildman–Crippen MR) is 90.5 cm³/mol. The molecule has 1 aliphatic rings. The van der Waals surface area contributed by atoms with E-state index in [1.807, 2.05) is 25.1 Å². The number of rotatable bonds is 3. The Balaban J connectivity index is 1.84. The van der Waals surface area contributed by atoms with E-state index in [1.54, 1.807) is 0 Å². The molecule has 21 heavy (non-hydrogen) atoms. The third-order valence-corrected chi connectivity index (χ3v) is 4.80. The monoisotopic (exact) mass is 283 g/mol. The molecule has 1 aromatic heterocycles. The zero-order chi connectivity index (χ0) is 14.8. The van der Waals surface area contributed by atoms with Crippen LogP contribution in [0.15, 0.2) is 24.3 Å². The van der Waals surface area contributed by atoms with Crippen LogP contribution < -0.4 is 11.1 Å². The second kappa shape index (κ2) is 5.92. The van der Waals surface area contributed by atoms with Crippen molar-refractivity contribution in [1.82, 2.24) is 4.98 Å². The third-order valence-electron chi connectivity index (χ3n) is 4.80. The van der Waals surface area contributed by atoms with Crippen molar-refractivity contribution < 1.29 is 0 Å². The molecule has 1 aromatic carbocycles. The van der Waals surface area contributed by atoms with Crippen LogP contribution in [0, 0.1) is 18.8 Å². The topological polar surface area (TPSA) is 50.9 Å². The van der Waals surface area contributed by atoms with Crippen molar-refractivity contribution in [2.24, 2.45) is 11.8 Å². The smallest absolute Gasteiger partial charge is 0.0727 e. The first-order valence-corrected chi connectivity index (χ1v) is 8.04. The molecule has 112 valence electrons. The summed E-state index contributed by atoms with van der Waals surface area (Å²) < 4.78 is 0. The van der Waals surface area contributed by atoms with E-state index in [1.165, 1.54) is 31.4 Å². The van der Waals surface area contributed by atoms with Crippen LogP contribution >= 0.6 is 0 Å². The quantitative estimate of drug-likeness (QED) is 0.823. The van der Waals surface area contributed by atoms with E-state index in [4.69, 9.17) is 5.73 Å². The summed E-state index contributed by atoms with van der Waals surface area (Å²) in [4.78, 5) is 4.59. The van der Waals surface area contributed by atoms with Crippen molar-refractivity contribution in [1.29, 1.82) is 0 Å². The van der Waals surface area contributed by atoms with Gasteiger partial charge in [0, 0.05) is 29.0 Å². The van der Waals surface area contributed by atoms with Gasteiger partial charge in [-0.25, -0.2) is 0 Å². The van der Waals surface area contributed by atoms with E-state index < -0.39 is 0 Å². The number of anilines is 2. The van der Waals surface area contributed by atoms with Gasteiger partial charge in [-0.15, -0.1) is 0 Å². The highest BCUT2D eigenvalue weighted by atomic mass is 14.9. The molecule has 1 heterocycles. The maximum absolute atomic E-state index is 5.94. The highest BCUT2D eigenvalue weighted by Gasteiger charge is 2.21. The second-order valence-electron chi connectivity index (χ2n) is 6.49. The minimum atomic E-state index is 0.781. The first-order chi connectivity index (χ1) is 10.1. The SMILES string of the molecule is Cc1cc(NCC2CCCCC2C)c2cc(N)ccc2n1. The van der Waals surface area contributed by atoms with Crippen molar-refractivity contribution in [3.63, 3.8) is 0 Å². The van der Waals surface area contributed by atoms with E-state index in [0.717, 1.165) is 40.7 Å². The van der Waals surface area contributed by atoms with Gasteiger partial charge in [-0.3, -0.25) is 4.98 Å². The number of fused-ring (bicyclic) bond motifs is 1. The van der Waals surface area contributed by atoms with Gasteiger partial charge in [0.25, 0.3) is 0 Å². The maximum atomic E-state index is 5.94. The zero-order valence-corrected chi connectivity index (χ0v) is 13.0. The standard InChI is InChI=1S/C18H25N3/c1-12-5-3-4-6-14(12)11-20-18-9-13(2)21-17-8-7-15(19)10-16(17)18/h7-10,12,14H,3-6,11,19H2,1-2H3,(H,20,21). The summed E-state index contributed by atoms with van der Waals surface area (Å²) in [5.41, 5.74) is 9.96. The summed E-state index contributed by atoms with van der Waals surface area (Å²) >= 11 is 0. The first kappa shape index (κ1) is 14.2. The number of aromatic nitrogens is 1. The van der Waals surface area contributed by atoms with Gasteiger partial charge in [-0.05, 0) is 49.4 Å². The van der Waals surface area contributed by atoms with E-state index in [2.05, 4.69) is 23.3 Å². The highest BCUT2D eigenvalue weighted by Crippen LogP contribution is 2.31. The average Bonchev–Trinajstić information content (AvgIpc) is 2.47. The van der Waals surface area contributed by atoms with Crippen molar-refractivity contribution in [3.8, 4) is 0 Å². The molecule has 0 spiro atoms. The maximum Gasteiger partial charge on any atom is 0.0727 e. The molecule has 0 amide bonds. The molecule has 0 bridgehead atoms. The molecule has 3 heteroatoms. The molecule has 1 aliphatic carbocycles. The molecule has 1 saturated carbocycles. The van der Waals surface area contributed by atoms with Crippen LogP contribution in [0.2, 0.25) is 0 Å². The minimum Gasteiger partial charge on any atom is -0.399 e. The lowest BCUT2D eigenvalue weighted by Crippen LogP contribution is -2.24. The predicted octanol–water partition coefficient (Wildman–Crippen LogP) is 4.36. The van der Waals surface area contributed by atoms with Crippen LogP contribution in [0.3, 0.4) is 0 Å². The molecular weight excluding hydrogens is 258 g/mol. The van der Waals surface area contributed by atoms with Gasteiger partial charge in [-0.1, -0.05) is 26.2 Å². The van der Waals surface area contributed by atoms with Gasteiger partial charge in [-0.2, -0.15) is 0 Å². The minimum absolute atomic E-state index is 0.781. The summed E-state index contributed by atoms with van der Waals surface area (Å²) in [5.74, 6) is 1.61. The van der Waals surface area contributed by atoms with Crippen molar-refractivity contribution in [3.05, 3.63) is 30.0 Å². The molecular formula is C18H25N3. The average molecular weight is 283 g/mol. The van der Waals surface area contributed by atoms with Gasteiger partial charge in [0.05, 0.1) is 5.52 Å². The number of nitrogens with zero attached hydrogens (tertiary/aromatic N) is 1. The number of hydrogen-bond acceptors (Lipinski definition) is 3. The lowest BCUT2D eigenvalue weighted by atomic mass is 9.80. The van der Waals surface area contributed by atoms with E-state index in [0.29, 0.717) is 0 Å². The summed E-state index contributed by atoms with van der Waals surface area (Å²) in [6.07, 6.45) is 5.49. The number of nitrogens with one attached hydrogen (secondary N) is 1. The third kappa shape index (κ3) is 3.12. The summed E-state index contributed by atoms with van der Waals surface area (Å²) in [6.45, 7) is 5.48. The Morgan fingerprint density at radius 2 is 2.05 bits per heavy atom. The summed E-state index contributed by atoms with van der Waals surface area (Å²) in [6, 6.07) is 8.08. The normalized spacial score (nSPS) is 22.4. The lowest BCUT2D eigenvalue weighted by molar-refractivity contribution is 0.268. The fourth-order valence-electron chi connectivity index (χ4n) is 3.46. The lowest BCUT2D eigenvalue weighted by Gasteiger charge is -2.29. The molecule has 3 nitrogen and oxygen atoms in total. The van der Waals surface area contributed by atoms with Gasteiger partial charge >= 0.3 is 0 Å². The van der Waals surface area contributed by atoms with Gasteiger partial charge < -0.3 is 11.1 Å². The Hall–Kier alpha value is -1.77. The first-order valence-electron chi connectivity index (χ1n) is 8.04. The molecule has 0 saturated heterocycles. The molecule has 3 rings (SSSR count). The number of hydrogen-bond donors (Lipinski definition) is 2. The van der Waals surface area contributed by atoms with Crippen molar-refractivity contribution in [2.75, 3.05) is 17.6 Å². The molecule has 0 aliphatic heterocycles. The summed E-state index contributed by atoms with van der Waals surface area (Å²) in [7, 11) is 0. The second-order valence-corrected chi connectivity index (χ2v) is 6.49. The van der Waals surface area contributed by atoms with Crippen molar-refractivity contribution >= 4 is 22.3 Å². The van der Waals surface area contributed by atoms with Crippen LogP contribution in [0.1, 0.15) is 38.3 Å². The van der Waals surface area contributed by atoms with Crippen LogP contribution in [0.4, 0.5) is 11.4 Å². The van der Waals surface area contributed by atoms with Gasteiger partial charge in [0.1, 0.15) is 0 Å². The molecule has 2 aromatic rings. The van der Waals surface area contributed by atoms with Crippen molar-refractivity contribution in [2.45, 2.75) is 39.5 Å². The molecule has 0 radical (unpaired) electrons. The van der Waals surface area contributed by atoms with E-state index in [9.17, 15) is 0 Å². The number of nitrogen functional groups attached to an aromatic ring is 1.